The summed E-state index contributed by atoms with van der Waals surface area (Å²) in [6, 6.07) is 6.49. The standard InChI is InChI=1S/C24H26N2O5S/c1-4-30-19-12-15(7-9-18(19)27)11-16(13-25)22(28)26-23-21(24(29)31-5-2)17-8-6-14(3)10-20(17)32-23/h7,9,11-12,14,27H,4-6,8,10H2,1-3H3,(H,26,28)/b16-11+. The normalized spacial score (nSPS) is 15.4. The number of phenolic OH excluding ortho intramolecular Hbond substituents is 1. The number of nitrogens with one attached hydrogen (secondary N) is 1. The van der Waals surface area contributed by atoms with E-state index in [0.717, 1.165) is 29.7 Å². The van der Waals surface area contributed by atoms with Crippen molar-refractivity contribution in [2.75, 3.05) is 18.5 Å². The summed E-state index contributed by atoms with van der Waals surface area (Å²) in [6.45, 7) is 6.29. The van der Waals surface area contributed by atoms with Crippen molar-refractivity contribution in [1.29, 1.82) is 5.26 Å². The quantitative estimate of drug-likeness (QED) is 0.357. The van der Waals surface area contributed by atoms with Crippen molar-refractivity contribution >= 4 is 34.3 Å². The van der Waals surface area contributed by atoms with E-state index < -0.39 is 11.9 Å². The van der Waals surface area contributed by atoms with Crippen LogP contribution in [0.5, 0.6) is 11.5 Å². The topological polar surface area (TPSA) is 109 Å². The molecule has 7 nitrogen and oxygen atoms in total. The lowest BCUT2D eigenvalue weighted by atomic mass is 9.88. The molecule has 0 saturated carbocycles. The van der Waals surface area contributed by atoms with Gasteiger partial charge >= 0.3 is 5.97 Å². The van der Waals surface area contributed by atoms with Crippen LogP contribution in [0.15, 0.2) is 23.8 Å². The number of hydrogen-bond acceptors (Lipinski definition) is 7. The fourth-order valence-electron chi connectivity index (χ4n) is 3.64. The van der Waals surface area contributed by atoms with E-state index in [2.05, 4.69) is 12.2 Å². The molecule has 1 atom stereocenters. The number of anilines is 1. The Morgan fingerprint density at radius 2 is 2.12 bits per heavy atom. The molecule has 1 heterocycles. The summed E-state index contributed by atoms with van der Waals surface area (Å²) in [6.07, 6.45) is 3.98. The van der Waals surface area contributed by atoms with Crippen LogP contribution in [0.25, 0.3) is 6.08 Å². The highest BCUT2D eigenvalue weighted by molar-refractivity contribution is 7.17. The first-order valence-electron chi connectivity index (χ1n) is 10.6. The molecule has 1 amide bonds. The molecule has 0 saturated heterocycles. The fourth-order valence-corrected chi connectivity index (χ4v) is 5.03. The Balaban J connectivity index is 1.91. The molecule has 3 rings (SSSR count). The van der Waals surface area contributed by atoms with Crippen LogP contribution in [0.2, 0.25) is 0 Å². The molecule has 0 fully saturated rings. The van der Waals surface area contributed by atoms with Crippen LogP contribution in [0, 0.1) is 17.2 Å². The molecule has 2 N–H and O–H groups in total. The molecule has 8 heteroatoms. The van der Waals surface area contributed by atoms with Crippen molar-refractivity contribution in [1.82, 2.24) is 0 Å². The molecule has 2 aromatic rings. The van der Waals surface area contributed by atoms with E-state index in [4.69, 9.17) is 9.47 Å². The van der Waals surface area contributed by atoms with Gasteiger partial charge < -0.3 is 19.9 Å². The molecule has 1 aromatic carbocycles. The first kappa shape index (κ1) is 23.4. The number of thiophene rings is 1. The van der Waals surface area contributed by atoms with Crippen LogP contribution in [-0.4, -0.2) is 30.2 Å². The minimum Gasteiger partial charge on any atom is -0.504 e. The van der Waals surface area contributed by atoms with E-state index in [1.807, 2.05) is 6.07 Å². The maximum absolute atomic E-state index is 12.9. The van der Waals surface area contributed by atoms with Crippen LogP contribution in [0.4, 0.5) is 5.00 Å². The number of aromatic hydroxyl groups is 1. The van der Waals surface area contributed by atoms with Gasteiger partial charge in [-0.05, 0) is 68.4 Å². The Kier molecular flexibility index (Phi) is 7.54. The Labute approximate surface area is 191 Å². The van der Waals surface area contributed by atoms with E-state index in [9.17, 15) is 20.0 Å². The number of nitrogens with zero attached hydrogens (tertiary/aromatic N) is 1. The van der Waals surface area contributed by atoms with Gasteiger partial charge in [0.1, 0.15) is 16.6 Å². The lowest BCUT2D eigenvalue weighted by Gasteiger charge is -2.18. The number of amides is 1. The number of hydrogen-bond donors (Lipinski definition) is 2. The summed E-state index contributed by atoms with van der Waals surface area (Å²) >= 11 is 1.37. The van der Waals surface area contributed by atoms with Crippen molar-refractivity contribution in [2.24, 2.45) is 5.92 Å². The van der Waals surface area contributed by atoms with Crippen LogP contribution in [-0.2, 0) is 22.4 Å². The zero-order chi connectivity index (χ0) is 23.3. The second kappa shape index (κ2) is 10.3. The predicted octanol–water partition coefficient (Wildman–Crippen LogP) is 4.70. The highest BCUT2D eigenvalue weighted by atomic mass is 32.1. The van der Waals surface area contributed by atoms with Gasteiger partial charge in [0.05, 0.1) is 18.8 Å². The van der Waals surface area contributed by atoms with Crippen molar-refractivity contribution in [2.45, 2.75) is 40.0 Å². The van der Waals surface area contributed by atoms with Gasteiger partial charge in [0.15, 0.2) is 11.5 Å². The second-order valence-corrected chi connectivity index (χ2v) is 8.67. The summed E-state index contributed by atoms with van der Waals surface area (Å²) in [5.41, 5.74) is 1.73. The van der Waals surface area contributed by atoms with Crippen molar-refractivity contribution < 1.29 is 24.2 Å². The Bertz CT molecular complexity index is 1100. The van der Waals surface area contributed by atoms with Gasteiger partial charge in [-0.2, -0.15) is 5.26 Å². The third-order valence-corrected chi connectivity index (χ3v) is 6.35. The number of carbonyl (C=O) groups excluding carboxylic acids is 2. The molecule has 1 aliphatic carbocycles. The SMILES string of the molecule is CCOC(=O)c1c(NC(=O)/C(C#N)=C/c2ccc(O)c(OCC)c2)sc2c1CCC(C)C2. The van der Waals surface area contributed by atoms with Crippen LogP contribution >= 0.6 is 11.3 Å². The number of benzene rings is 1. The first-order chi connectivity index (χ1) is 15.4. The van der Waals surface area contributed by atoms with E-state index >= 15 is 0 Å². The molecule has 32 heavy (non-hydrogen) atoms. The van der Waals surface area contributed by atoms with E-state index in [-0.39, 0.29) is 23.7 Å². The molecule has 0 bridgehead atoms. The van der Waals surface area contributed by atoms with Gasteiger partial charge in [-0.15, -0.1) is 11.3 Å². The molecule has 168 valence electrons. The van der Waals surface area contributed by atoms with Crippen LogP contribution < -0.4 is 10.1 Å². The number of rotatable bonds is 7. The molecule has 1 aliphatic rings. The van der Waals surface area contributed by atoms with Gasteiger partial charge in [-0.25, -0.2) is 4.79 Å². The summed E-state index contributed by atoms with van der Waals surface area (Å²) < 4.78 is 10.6. The third kappa shape index (κ3) is 5.11. The first-order valence-corrected chi connectivity index (χ1v) is 11.4. The maximum atomic E-state index is 12.9. The monoisotopic (exact) mass is 454 g/mol. The van der Waals surface area contributed by atoms with E-state index in [1.54, 1.807) is 26.0 Å². The third-order valence-electron chi connectivity index (χ3n) is 5.18. The average molecular weight is 455 g/mol. The Morgan fingerprint density at radius 1 is 1.34 bits per heavy atom. The summed E-state index contributed by atoms with van der Waals surface area (Å²) in [5.74, 6) is -0.329. The average Bonchev–Trinajstić information content (AvgIpc) is 3.11. The van der Waals surface area contributed by atoms with Crippen molar-refractivity contribution in [3.8, 4) is 17.6 Å². The minimum atomic E-state index is -0.615. The molecule has 1 aromatic heterocycles. The number of nitriles is 1. The van der Waals surface area contributed by atoms with E-state index in [0.29, 0.717) is 28.7 Å². The largest absolute Gasteiger partial charge is 0.504 e. The molecule has 1 unspecified atom stereocenters. The summed E-state index contributed by atoms with van der Waals surface area (Å²) in [5, 5.41) is 22.6. The van der Waals surface area contributed by atoms with Crippen LogP contribution in [0.1, 0.15) is 53.6 Å². The van der Waals surface area contributed by atoms with Crippen molar-refractivity contribution in [3.63, 3.8) is 0 Å². The second-order valence-electron chi connectivity index (χ2n) is 7.56. The number of esters is 1. The zero-order valence-electron chi connectivity index (χ0n) is 18.4. The maximum Gasteiger partial charge on any atom is 0.341 e. The fraction of sp³-hybridized carbons (Fsp3) is 0.375. The van der Waals surface area contributed by atoms with Gasteiger partial charge in [-0.1, -0.05) is 13.0 Å². The number of phenols is 1. The lowest BCUT2D eigenvalue weighted by Crippen LogP contribution is -2.17. The number of carbonyl (C=O) groups is 2. The summed E-state index contributed by atoms with van der Waals surface area (Å²) in [7, 11) is 0. The van der Waals surface area contributed by atoms with Crippen LogP contribution in [0.3, 0.4) is 0 Å². The van der Waals surface area contributed by atoms with Gasteiger partial charge in [-0.3, -0.25) is 4.79 Å². The zero-order valence-corrected chi connectivity index (χ0v) is 19.2. The van der Waals surface area contributed by atoms with E-state index in [1.165, 1.54) is 23.5 Å². The van der Waals surface area contributed by atoms with Crippen molar-refractivity contribution in [3.05, 3.63) is 45.3 Å². The molecule has 0 radical (unpaired) electrons. The highest BCUT2D eigenvalue weighted by Gasteiger charge is 2.29. The summed E-state index contributed by atoms with van der Waals surface area (Å²) in [4.78, 5) is 26.6. The predicted molar refractivity (Wildman–Crippen MR) is 123 cm³/mol. The lowest BCUT2D eigenvalue weighted by molar-refractivity contribution is -0.112. The molecular formula is C24H26N2O5S. The number of ether oxygens (including phenoxy) is 2. The molecule has 0 aliphatic heterocycles. The molecule has 0 spiro atoms. The van der Waals surface area contributed by atoms with Gasteiger partial charge in [0.25, 0.3) is 5.91 Å². The van der Waals surface area contributed by atoms with Gasteiger partial charge in [0, 0.05) is 4.88 Å². The Morgan fingerprint density at radius 3 is 2.81 bits per heavy atom. The minimum absolute atomic E-state index is 0.0237. The molecular weight excluding hydrogens is 428 g/mol. The smallest absolute Gasteiger partial charge is 0.341 e. The Hall–Kier alpha value is -3.31. The van der Waals surface area contributed by atoms with Gasteiger partial charge in [0.2, 0.25) is 0 Å². The number of fused-ring (bicyclic) bond motifs is 1. The highest BCUT2D eigenvalue weighted by Crippen LogP contribution is 2.40.